The molecule has 16 heavy (non-hydrogen) atoms. The zero-order valence-corrected chi connectivity index (χ0v) is 10.8. The average molecular weight is 242 g/mol. The van der Waals surface area contributed by atoms with Crippen LogP contribution in [0.2, 0.25) is 5.02 Å². The largest absolute Gasteiger partial charge is 0.380 e. The first-order chi connectivity index (χ1) is 7.74. The van der Waals surface area contributed by atoms with Gasteiger partial charge in [0.15, 0.2) is 0 Å². The highest BCUT2D eigenvalue weighted by Crippen LogP contribution is 2.16. The normalized spacial score (nSPS) is 12.7. The van der Waals surface area contributed by atoms with E-state index in [-0.39, 0.29) is 0 Å². The maximum absolute atomic E-state index is 5.94. The first-order valence-corrected chi connectivity index (χ1v) is 6.18. The minimum Gasteiger partial charge on any atom is -0.380 e. The van der Waals surface area contributed by atoms with Gasteiger partial charge in [-0.05, 0) is 31.0 Å². The Labute approximate surface area is 103 Å². The number of ether oxygens (including phenoxy) is 1. The van der Waals surface area contributed by atoms with Crippen LogP contribution in [-0.2, 0) is 4.74 Å². The second-order valence-corrected chi connectivity index (χ2v) is 4.28. The molecule has 1 aromatic rings. The van der Waals surface area contributed by atoms with Crippen molar-refractivity contribution in [1.82, 2.24) is 5.32 Å². The van der Waals surface area contributed by atoms with Crippen molar-refractivity contribution in [3.63, 3.8) is 0 Å². The van der Waals surface area contributed by atoms with E-state index in [0.717, 1.165) is 31.2 Å². The Kier molecular flexibility index (Phi) is 6.46. The Balaban J connectivity index is 2.27. The van der Waals surface area contributed by atoms with Crippen LogP contribution in [0.15, 0.2) is 24.3 Å². The third-order valence-electron chi connectivity index (χ3n) is 2.39. The molecule has 0 aliphatic carbocycles. The lowest BCUT2D eigenvalue weighted by Gasteiger charge is -2.14. The molecule has 1 N–H and O–H groups in total. The molecule has 0 aliphatic heterocycles. The van der Waals surface area contributed by atoms with Crippen molar-refractivity contribution in [3.8, 4) is 0 Å². The van der Waals surface area contributed by atoms with Crippen molar-refractivity contribution in [2.75, 3.05) is 19.8 Å². The fourth-order valence-electron chi connectivity index (χ4n) is 1.49. The van der Waals surface area contributed by atoms with Crippen LogP contribution in [0, 0.1) is 0 Å². The van der Waals surface area contributed by atoms with Crippen molar-refractivity contribution in [3.05, 3.63) is 34.9 Å². The van der Waals surface area contributed by atoms with Gasteiger partial charge in [0.25, 0.3) is 0 Å². The highest BCUT2D eigenvalue weighted by molar-refractivity contribution is 6.30. The Hall–Kier alpha value is -0.570. The van der Waals surface area contributed by atoms with E-state index in [0.29, 0.717) is 6.04 Å². The van der Waals surface area contributed by atoms with Gasteiger partial charge in [-0.25, -0.2) is 0 Å². The predicted octanol–water partition coefficient (Wildman–Crippen LogP) is 3.42. The van der Waals surface area contributed by atoms with Crippen LogP contribution in [0.25, 0.3) is 0 Å². The second kappa shape index (κ2) is 7.66. The van der Waals surface area contributed by atoms with E-state index >= 15 is 0 Å². The number of benzene rings is 1. The van der Waals surface area contributed by atoms with Gasteiger partial charge >= 0.3 is 0 Å². The zero-order chi connectivity index (χ0) is 11.8. The summed E-state index contributed by atoms with van der Waals surface area (Å²) in [5.74, 6) is 0. The fraction of sp³-hybridized carbons (Fsp3) is 0.538. The highest BCUT2D eigenvalue weighted by Gasteiger charge is 2.04. The van der Waals surface area contributed by atoms with Gasteiger partial charge in [-0.1, -0.05) is 30.7 Å². The van der Waals surface area contributed by atoms with Gasteiger partial charge in [0, 0.05) is 24.2 Å². The fourth-order valence-corrected chi connectivity index (χ4v) is 1.69. The van der Waals surface area contributed by atoms with Gasteiger partial charge in [-0.3, -0.25) is 0 Å². The Morgan fingerprint density at radius 2 is 2.19 bits per heavy atom. The summed E-state index contributed by atoms with van der Waals surface area (Å²) in [4.78, 5) is 0. The van der Waals surface area contributed by atoms with Crippen LogP contribution in [0.3, 0.4) is 0 Å². The van der Waals surface area contributed by atoms with E-state index in [4.69, 9.17) is 16.3 Å². The predicted molar refractivity (Wildman–Crippen MR) is 69.0 cm³/mol. The minimum atomic E-state index is 0.309. The lowest BCUT2D eigenvalue weighted by molar-refractivity contribution is 0.135. The van der Waals surface area contributed by atoms with Crippen LogP contribution >= 0.6 is 11.6 Å². The van der Waals surface area contributed by atoms with Crippen molar-refractivity contribution in [1.29, 1.82) is 0 Å². The molecule has 1 atom stereocenters. The standard InChI is InChI=1S/C13H20ClNO/c1-3-8-16-9-7-15-11(2)12-5-4-6-13(14)10-12/h4-6,10-11,15H,3,7-9H2,1-2H3/t11-/m1/s1. The SMILES string of the molecule is CCCOCCN[C@H](C)c1cccc(Cl)c1. The summed E-state index contributed by atoms with van der Waals surface area (Å²) >= 11 is 5.94. The molecular formula is C13H20ClNO. The molecule has 0 radical (unpaired) electrons. The van der Waals surface area contributed by atoms with Gasteiger partial charge in [-0.2, -0.15) is 0 Å². The van der Waals surface area contributed by atoms with Gasteiger partial charge in [-0.15, -0.1) is 0 Å². The van der Waals surface area contributed by atoms with Gasteiger partial charge in [0.05, 0.1) is 6.61 Å². The summed E-state index contributed by atoms with van der Waals surface area (Å²) in [6.45, 7) is 6.72. The van der Waals surface area contributed by atoms with E-state index in [9.17, 15) is 0 Å². The van der Waals surface area contributed by atoms with Crippen LogP contribution in [0.5, 0.6) is 0 Å². The van der Waals surface area contributed by atoms with Crippen LogP contribution in [0.4, 0.5) is 0 Å². The molecule has 0 aromatic heterocycles. The third-order valence-corrected chi connectivity index (χ3v) is 2.63. The first kappa shape index (κ1) is 13.5. The van der Waals surface area contributed by atoms with Crippen molar-refractivity contribution in [2.45, 2.75) is 26.3 Å². The molecule has 1 rings (SSSR count). The molecule has 0 unspecified atom stereocenters. The monoisotopic (exact) mass is 241 g/mol. The molecule has 0 bridgehead atoms. The van der Waals surface area contributed by atoms with E-state index in [1.54, 1.807) is 0 Å². The summed E-state index contributed by atoms with van der Waals surface area (Å²) in [5, 5.41) is 4.19. The van der Waals surface area contributed by atoms with Crippen LogP contribution in [0.1, 0.15) is 31.9 Å². The molecule has 0 aliphatic rings. The van der Waals surface area contributed by atoms with E-state index < -0.39 is 0 Å². The Morgan fingerprint density at radius 1 is 1.38 bits per heavy atom. The number of halogens is 1. The lowest BCUT2D eigenvalue weighted by atomic mass is 10.1. The van der Waals surface area contributed by atoms with Crippen molar-refractivity contribution in [2.24, 2.45) is 0 Å². The molecule has 0 heterocycles. The van der Waals surface area contributed by atoms with Gasteiger partial charge in [0.1, 0.15) is 0 Å². The molecule has 0 fully saturated rings. The first-order valence-electron chi connectivity index (χ1n) is 5.80. The molecule has 0 amide bonds. The molecule has 2 nitrogen and oxygen atoms in total. The topological polar surface area (TPSA) is 21.3 Å². The quantitative estimate of drug-likeness (QED) is 0.739. The smallest absolute Gasteiger partial charge is 0.0591 e. The van der Waals surface area contributed by atoms with Crippen LogP contribution < -0.4 is 5.32 Å². The molecule has 0 saturated carbocycles. The minimum absolute atomic E-state index is 0.309. The molecule has 3 heteroatoms. The highest BCUT2D eigenvalue weighted by atomic mass is 35.5. The average Bonchev–Trinajstić information content (AvgIpc) is 2.28. The lowest BCUT2D eigenvalue weighted by Crippen LogP contribution is -2.23. The summed E-state index contributed by atoms with van der Waals surface area (Å²) in [7, 11) is 0. The van der Waals surface area contributed by atoms with E-state index in [1.807, 2.05) is 18.2 Å². The summed E-state index contributed by atoms with van der Waals surface area (Å²) < 4.78 is 5.40. The zero-order valence-electron chi connectivity index (χ0n) is 10.0. The molecule has 0 spiro atoms. The van der Waals surface area contributed by atoms with Gasteiger partial charge < -0.3 is 10.1 Å². The molecule has 1 aromatic carbocycles. The number of hydrogen-bond donors (Lipinski definition) is 1. The van der Waals surface area contributed by atoms with Crippen molar-refractivity contribution >= 4 is 11.6 Å². The molecule has 0 saturated heterocycles. The number of nitrogens with one attached hydrogen (secondary N) is 1. The van der Waals surface area contributed by atoms with E-state index in [2.05, 4.69) is 25.2 Å². The summed E-state index contributed by atoms with van der Waals surface area (Å²) in [6, 6.07) is 8.25. The molecular weight excluding hydrogens is 222 g/mol. The molecule has 90 valence electrons. The van der Waals surface area contributed by atoms with Gasteiger partial charge in [0.2, 0.25) is 0 Å². The van der Waals surface area contributed by atoms with Crippen LogP contribution in [-0.4, -0.2) is 19.8 Å². The third kappa shape index (κ3) is 4.97. The van der Waals surface area contributed by atoms with E-state index in [1.165, 1.54) is 5.56 Å². The summed E-state index contributed by atoms with van der Waals surface area (Å²) in [5.41, 5.74) is 1.21. The second-order valence-electron chi connectivity index (χ2n) is 3.84. The number of hydrogen-bond acceptors (Lipinski definition) is 2. The number of rotatable bonds is 7. The Bertz CT molecular complexity index is 304. The maximum Gasteiger partial charge on any atom is 0.0591 e. The van der Waals surface area contributed by atoms with Crippen molar-refractivity contribution < 1.29 is 4.74 Å². The summed E-state index contributed by atoms with van der Waals surface area (Å²) in [6.07, 6.45) is 1.07. The Morgan fingerprint density at radius 3 is 2.88 bits per heavy atom. The maximum atomic E-state index is 5.94.